The Labute approximate surface area is 119 Å². The Morgan fingerprint density at radius 1 is 1.30 bits per heavy atom. The molecule has 6 heteroatoms. The molecule has 0 saturated carbocycles. The van der Waals surface area contributed by atoms with Crippen LogP contribution in [-0.2, 0) is 14.6 Å². The Kier molecular flexibility index (Phi) is 4.04. The number of nitrogen functional groups attached to an aromatic ring is 1. The third-order valence-corrected chi connectivity index (χ3v) is 6.01. The summed E-state index contributed by atoms with van der Waals surface area (Å²) >= 11 is 0. The Balaban J connectivity index is 2.26. The van der Waals surface area contributed by atoms with Gasteiger partial charge in [0.25, 0.3) is 0 Å². The van der Waals surface area contributed by atoms with E-state index < -0.39 is 21.0 Å². The zero-order chi connectivity index (χ0) is 14.9. The molecule has 1 heterocycles. The van der Waals surface area contributed by atoms with Gasteiger partial charge in [-0.1, -0.05) is 12.5 Å². The second-order valence-electron chi connectivity index (χ2n) is 5.31. The average Bonchev–Trinajstić information content (AvgIpc) is 2.38. The van der Waals surface area contributed by atoms with Crippen molar-refractivity contribution in [2.24, 2.45) is 0 Å². The van der Waals surface area contributed by atoms with Crippen LogP contribution in [0.15, 0.2) is 12.1 Å². The van der Waals surface area contributed by atoms with Gasteiger partial charge in [0.05, 0.1) is 5.75 Å². The quantitative estimate of drug-likeness (QED) is 0.814. The molecule has 1 aromatic carbocycles. The van der Waals surface area contributed by atoms with E-state index in [9.17, 15) is 13.2 Å². The highest BCUT2D eigenvalue weighted by Gasteiger charge is 2.35. The van der Waals surface area contributed by atoms with Crippen molar-refractivity contribution < 1.29 is 13.2 Å². The highest BCUT2D eigenvalue weighted by Crippen LogP contribution is 2.27. The monoisotopic (exact) mass is 296 g/mol. The van der Waals surface area contributed by atoms with Gasteiger partial charge in [0.2, 0.25) is 5.91 Å². The lowest BCUT2D eigenvalue weighted by Gasteiger charge is -2.22. The van der Waals surface area contributed by atoms with Gasteiger partial charge in [-0.15, -0.1) is 0 Å². The summed E-state index contributed by atoms with van der Waals surface area (Å²) < 4.78 is 23.9. The van der Waals surface area contributed by atoms with E-state index in [2.05, 4.69) is 5.32 Å². The fraction of sp³-hybridized carbons (Fsp3) is 0.500. The predicted molar refractivity (Wildman–Crippen MR) is 80.4 cm³/mol. The number of anilines is 2. The van der Waals surface area contributed by atoms with Crippen LogP contribution in [0.2, 0.25) is 0 Å². The molecule has 5 nitrogen and oxygen atoms in total. The Bertz CT molecular complexity index is 638. The number of carbonyl (C=O) groups is 1. The topological polar surface area (TPSA) is 89.3 Å². The van der Waals surface area contributed by atoms with E-state index >= 15 is 0 Å². The van der Waals surface area contributed by atoms with Gasteiger partial charge in [0.1, 0.15) is 5.25 Å². The zero-order valence-corrected chi connectivity index (χ0v) is 12.6. The Morgan fingerprint density at radius 2 is 2.00 bits per heavy atom. The first kappa shape index (κ1) is 14.8. The first-order chi connectivity index (χ1) is 9.33. The molecule has 0 aromatic heterocycles. The van der Waals surface area contributed by atoms with E-state index in [1.807, 2.05) is 19.9 Å². The number of carbonyl (C=O) groups excluding carboxylic acids is 1. The molecule has 1 unspecified atom stereocenters. The van der Waals surface area contributed by atoms with Gasteiger partial charge >= 0.3 is 0 Å². The maximum Gasteiger partial charge on any atom is 0.242 e. The normalized spacial score (nSPS) is 21.4. The van der Waals surface area contributed by atoms with Crippen LogP contribution in [0.4, 0.5) is 11.4 Å². The molecule has 1 amide bonds. The molecule has 1 aromatic rings. The SMILES string of the molecule is Cc1ccc(N)c(C)c1NC(=O)C1CCCCS1(=O)=O. The molecule has 1 fully saturated rings. The van der Waals surface area contributed by atoms with Crippen LogP contribution in [0.3, 0.4) is 0 Å². The Morgan fingerprint density at radius 3 is 2.65 bits per heavy atom. The van der Waals surface area contributed by atoms with Gasteiger partial charge in [-0.25, -0.2) is 8.42 Å². The molecule has 1 atom stereocenters. The summed E-state index contributed by atoms with van der Waals surface area (Å²) in [5.41, 5.74) is 8.67. The second-order valence-corrected chi connectivity index (χ2v) is 7.62. The molecule has 3 N–H and O–H groups in total. The molecule has 0 radical (unpaired) electrons. The summed E-state index contributed by atoms with van der Waals surface area (Å²) in [6.07, 6.45) is 1.81. The number of benzene rings is 1. The van der Waals surface area contributed by atoms with Gasteiger partial charge in [0.15, 0.2) is 9.84 Å². The molecule has 110 valence electrons. The highest BCUT2D eigenvalue weighted by molar-refractivity contribution is 7.92. The van der Waals surface area contributed by atoms with Gasteiger partial charge < -0.3 is 11.1 Å². The molecule has 0 bridgehead atoms. The zero-order valence-electron chi connectivity index (χ0n) is 11.8. The molecule has 1 aliphatic heterocycles. The fourth-order valence-electron chi connectivity index (χ4n) is 2.51. The molecule has 1 saturated heterocycles. The van der Waals surface area contributed by atoms with Crippen LogP contribution in [0, 0.1) is 13.8 Å². The lowest BCUT2D eigenvalue weighted by Crippen LogP contribution is -2.39. The summed E-state index contributed by atoms with van der Waals surface area (Å²) in [6, 6.07) is 3.59. The number of rotatable bonds is 2. The number of hydrogen-bond acceptors (Lipinski definition) is 4. The molecule has 0 aliphatic carbocycles. The minimum atomic E-state index is -3.32. The maximum absolute atomic E-state index is 12.3. The van der Waals surface area contributed by atoms with Crippen molar-refractivity contribution >= 4 is 27.1 Å². The summed E-state index contributed by atoms with van der Waals surface area (Å²) in [7, 11) is -3.32. The Hall–Kier alpha value is -1.56. The van der Waals surface area contributed by atoms with Crippen molar-refractivity contribution in [1.82, 2.24) is 0 Å². The number of nitrogens with two attached hydrogens (primary N) is 1. The third kappa shape index (κ3) is 2.80. The second kappa shape index (κ2) is 5.44. The van der Waals surface area contributed by atoms with Crippen molar-refractivity contribution in [3.8, 4) is 0 Å². The first-order valence-electron chi connectivity index (χ1n) is 6.71. The number of amides is 1. The van der Waals surface area contributed by atoms with Crippen LogP contribution in [0.5, 0.6) is 0 Å². The van der Waals surface area contributed by atoms with Crippen LogP contribution in [0.1, 0.15) is 30.4 Å². The number of hydrogen-bond donors (Lipinski definition) is 2. The van der Waals surface area contributed by atoms with E-state index in [0.29, 0.717) is 24.2 Å². The maximum atomic E-state index is 12.3. The lowest BCUT2D eigenvalue weighted by atomic mass is 10.1. The van der Waals surface area contributed by atoms with Gasteiger partial charge in [-0.2, -0.15) is 0 Å². The van der Waals surface area contributed by atoms with Crippen LogP contribution >= 0.6 is 0 Å². The van der Waals surface area contributed by atoms with E-state index in [0.717, 1.165) is 17.5 Å². The smallest absolute Gasteiger partial charge is 0.242 e. The average molecular weight is 296 g/mol. The molecule has 0 spiro atoms. The summed E-state index contributed by atoms with van der Waals surface area (Å²) in [5.74, 6) is -0.346. The fourth-order valence-corrected chi connectivity index (χ4v) is 4.31. The minimum absolute atomic E-state index is 0.0972. The minimum Gasteiger partial charge on any atom is -0.398 e. The van der Waals surface area contributed by atoms with Crippen molar-refractivity contribution in [2.45, 2.75) is 38.4 Å². The highest BCUT2D eigenvalue weighted by atomic mass is 32.2. The van der Waals surface area contributed by atoms with Crippen molar-refractivity contribution in [1.29, 1.82) is 0 Å². The molecule has 20 heavy (non-hydrogen) atoms. The van der Waals surface area contributed by atoms with E-state index in [1.54, 1.807) is 6.07 Å². The van der Waals surface area contributed by atoms with Crippen LogP contribution in [-0.4, -0.2) is 25.3 Å². The number of nitrogens with one attached hydrogen (secondary N) is 1. The third-order valence-electron chi connectivity index (χ3n) is 3.83. The van der Waals surface area contributed by atoms with Crippen molar-refractivity contribution in [2.75, 3.05) is 16.8 Å². The van der Waals surface area contributed by atoms with Crippen LogP contribution in [0.25, 0.3) is 0 Å². The van der Waals surface area contributed by atoms with Crippen molar-refractivity contribution in [3.05, 3.63) is 23.3 Å². The molecule has 1 aliphatic rings. The standard InChI is InChI=1S/C14H20N2O3S/c1-9-6-7-11(15)10(2)13(9)16-14(17)12-5-3-4-8-20(12,18)19/h6-7,12H,3-5,8,15H2,1-2H3,(H,16,17). The van der Waals surface area contributed by atoms with Gasteiger partial charge in [0, 0.05) is 11.4 Å². The van der Waals surface area contributed by atoms with Crippen LogP contribution < -0.4 is 11.1 Å². The molecular weight excluding hydrogens is 276 g/mol. The molecule has 2 rings (SSSR count). The summed E-state index contributed by atoms with van der Waals surface area (Å²) in [4.78, 5) is 12.3. The first-order valence-corrected chi connectivity index (χ1v) is 8.42. The predicted octanol–water partition coefficient (Wildman–Crippen LogP) is 1.79. The largest absolute Gasteiger partial charge is 0.398 e. The van der Waals surface area contributed by atoms with Crippen molar-refractivity contribution in [3.63, 3.8) is 0 Å². The number of aryl methyl sites for hydroxylation is 1. The summed E-state index contributed by atoms with van der Waals surface area (Å²) in [6.45, 7) is 3.67. The van der Waals surface area contributed by atoms with E-state index in [4.69, 9.17) is 5.73 Å². The van der Waals surface area contributed by atoms with Gasteiger partial charge in [-0.3, -0.25) is 4.79 Å². The lowest BCUT2D eigenvalue weighted by molar-refractivity contribution is -0.116. The number of sulfone groups is 1. The molecular formula is C14H20N2O3S. The van der Waals surface area contributed by atoms with E-state index in [1.165, 1.54) is 0 Å². The van der Waals surface area contributed by atoms with E-state index in [-0.39, 0.29) is 5.75 Å². The van der Waals surface area contributed by atoms with Gasteiger partial charge in [-0.05, 0) is 43.9 Å². The summed E-state index contributed by atoms with van der Waals surface area (Å²) in [5, 5.41) is 1.81.